The van der Waals surface area contributed by atoms with Gasteiger partial charge in [-0.3, -0.25) is 0 Å². The third-order valence-corrected chi connectivity index (χ3v) is 4.87. The van der Waals surface area contributed by atoms with Crippen LogP contribution >= 0.6 is 0 Å². The first kappa shape index (κ1) is 15.0. The molecule has 0 fully saturated rings. The molecule has 0 N–H and O–H groups in total. The lowest BCUT2D eigenvalue weighted by atomic mass is 9.83. The van der Waals surface area contributed by atoms with Crippen LogP contribution in [0.5, 0.6) is 0 Å². The van der Waals surface area contributed by atoms with Crippen molar-refractivity contribution in [3.05, 3.63) is 89.8 Å². The predicted molar refractivity (Wildman–Crippen MR) is 102 cm³/mol. The van der Waals surface area contributed by atoms with E-state index in [9.17, 15) is 0 Å². The highest BCUT2D eigenvalue weighted by atomic mass is 15.1. The second-order valence-electron chi connectivity index (χ2n) is 7.61. The van der Waals surface area contributed by atoms with Crippen LogP contribution in [-0.2, 0) is 0 Å². The molecule has 1 nitrogen and oxygen atoms in total. The fraction of sp³-hybridized carbons (Fsp3) is 0.217. The average Bonchev–Trinajstić information content (AvgIpc) is 2.60. The first-order chi connectivity index (χ1) is 11.5. The quantitative estimate of drug-likeness (QED) is 0.607. The number of hydrogen-bond acceptors (Lipinski definition) is 1. The van der Waals surface area contributed by atoms with Crippen molar-refractivity contribution in [2.75, 3.05) is 0 Å². The number of allylic oxidation sites excluding steroid dienone is 2. The van der Waals surface area contributed by atoms with Crippen molar-refractivity contribution in [2.45, 2.75) is 26.8 Å². The summed E-state index contributed by atoms with van der Waals surface area (Å²) in [6.07, 6.45) is 11.3. The number of nitrogens with zero attached hydrogens (tertiary/aromatic N) is 1. The Balaban J connectivity index is 1.74. The third kappa shape index (κ3) is 2.60. The summed E-state index contributed by atoms with van der Waals surface area (Å²) >= 11 is 0. The topological polar surface area (TPSA) is 3.24 Å². The van der Waals surface area contributed by atoms with Gasteiger partial charge in [0.15, 0.2) is 0 Å². The summed E-state index contributed by atoms with van der Waals surface area (Å²) < 4.78 is 0. The fourth-order valence-corrected chi connectivity index (χ4v) is 3.38. The molecule has 0 amide bonds. The molecule has 0 aromatic heterocycles. The Kier molecular flexibility index (Phi) is 3.45. The van der Waals surface area contributed by atoms with Gasteiger partial charge >= 0.3 is 0 Å². The Morgan fingerprint density at radius 2 is 1.67 bits per heavy atom. The molecular weight excluding hydrogens is 290 g/mol. The molecule has 1 heteroatoms. The second-order valence-corrected chi connectivity index (χ2v) is 7.61. The third-order valence-electron chi connectivity index (χ3n) is 4.87. The number of rotatable bonds is 1. The number of hydrogen-bond donors (Lipinski definition) is 0. The van der Waals surface area contributed by atoms with Crippen LogP contribution in [0.15, 0.2) is 78.7 Å². The number of benzene rings is 2. The highest BCUT2D eigenvalue weighted by molar-refractivity contribution is 5.69. The van der Waals surface area contributed by atoms with E-state index in [1.54, 1.807) is 0 Å². The Bertz CT molecular complexity index is 847. The minimum absolute atomic E-state index is 0.168. The van der Waals surface area contributed by atoms with E-state index >= 15 is 0 Å². The first-order valence-electron chi connectivity index (χ1n) is 8.58. The van der Waals surface area contributed by atoms with Crippen molar-refractivity contribution in [2.24, 2.45) is 5.41 Å². The van der Waals surface area contributed by atoms with Crippen LogP contribution in [0, 0.1) is 5.41 Å². The molecule has 0 bridgehead atoms. The molecule has 2 aliphatic rings. The first-order valence-corrected chi connectivity index (χ1v) is 8.58. The van der Waals surface area contributed by atoms with Gasteiger partial charge in [0.05, 0.1) is 6.04 Å². The maximum Gasteiger partial charge on any atom is 0.0773 e. The zero-order valence-corrected chi connectivity index (χ0v) is 14.5. The second kappa shape index (κ2) is 5.52. The minimum atomic E-state index is 0.168. The molecule has 4 rings (SSSR count). The van der Waals surface area contributed by atoms with E-state index in [4.69, 9.17) is 0 Å². The van der Waals surface area contributed by atoms with Crippen LogP contribution in [0.1, 0.15) is 37.9 Å². The monoisotopic (exact) mass is 313 g/mol. The van der Waals surface area contributed by atoms with Gasteiger partial charge in [-0.15, -0.1) is 0 Å². The zero-order valence-electron chi connectivity index (χ0n) is 14.5. The van der Waals surface area contributed by atoms with Crippen LogP contribution in [-0.4, -0.2) is 4.90 Å². The van der Waals surface area contributed by atoms with Crippen LogP contribution < -0.4 is 0 Å². The predicted octanol–water partition coefficient (Wildman–Crippen LogP) is 6.18. The molecule has 0 saturated carbocycles. The molecule has 2 aromatic carbocycles. The maximum absolute atomic E-state index is 2.34. The molecule has 2 heterocycles. The van der Waals surface area contributed by atoms with Gasteiger partial charge in [-0.1, -0.05) is 75.4 Å². The Labute approximate surface area is 144 Å². The summed E-state index contributed by atoms with van der Waals surface area (Å²) in [5.41, 5.74) is 6.77. The Morgan fingerprint density at radius 1 is 0.875 bits per heavy atom. The van der Waals surface area contributed by atoms with E-state index in [0.717, 1.165) is 0 Å². The van der Waals surface area contributed by atoms with E-state index in [2.05, 4.69) is 105 Å². The highest BCUT2D eigenvalue weighted by Crippen LogP contribution is 2.39. The van der Waals surface area contributed by atoms with Gasteiger partial charge in [-0.25, -0.2) is 0 Å². The summed E-state index contributed by atoms with van der Waals surface area (Å²) in [7, 11) is 0. The van der Waals surface area contributed by atoms with Crippen molar-refractivity contribution in [3.8, 4) is 11.1 Å². The lowest BCUT2D eigenvalue weighted by molar-refractivity contribution is 0.403. The fourth-order valence-electron chi connectivity index (χ4n) is 3.38. The summed E-state index contributed by atoms with van der Waals surface area (Å²) in [4.78, 5) is 2.33. The zero-order chi connectivity index (χ0) is 16.7. The van der Waals surface area contributed by atoms with Crippen molar-refractivity contribution >= 4 is 6.08 Å². The molecule has 1 atom stereocenters. The van der Waals surface area contributed by atoms with E-state index in [0.29, 0.717) is 6.04 Å². The van der Waals surface area contributed by atoms with E-state index in [-0.39, 0.29) is 5.41 Å². The van der Waals surface area contributed by atoms with Crippen LogP contribution in [0.25, 0.3) is 17.2 Å². The largest absolute Gasteiger partial charge is 0.343 e. The molecule has 120 valence electrons. The van der Waals surface area contributed by atoms with Crippen molar-refractivity contribution in [1.82, 2.24) is 4.90 Å². The highest BCUT2D eigenvalue weighted by Gasteiger charge is 2.26. The van der Waals surface area contributed by atoms with Gasteiger partial charge in [-0.2, -0.15) is 0 Å². The normalized spacial score (nSPS) is 18.9. The molecule has 0 radical (unpaired) electrons. The molecule has 0 spiro atoms. The molecule has 0 saturated heterocycles. The lowest BCUT2D eigenvalue weighted by Crippen LogP contribution is -2.25. The summed E-state index contributed by atoms with van der Waals surface area (Å²) in [5, 5.41) is 0. The Morgan fingerprint density at radius 3 is 2.42 bits per heavy atom. The average molecular weight is 313 g/mol. The van der Waals surface area contributed by atoms with Crippen LogP contribution in [0.4, 0.5) is 0 Å². The van der Waals surface area contributed by atoms with E-state index < -0.39 is 0 Å². The summed E-state index contributed by atoms with van der Waals surface area (Å²) in [5.74, 6) is 0. The van der Waals surface area contributed by atoms with Gasteiger partial charge in [0, 0.05) is 12.4 Å². The molecule has 24 heavy (non-hydrogen) atoms. The molecule has 1 unspecified atom stereocenters. The van der Waals surface area contributed by atoms with Gasteiger partial charge in [0.25, 0.3) is 0 Å². The molecule has 2 aliphatic heterocycles. The van der Waals surface area contributed by atoms with Crippen molar-refractivity contribution < 1.29 is 0 Å². The summed E-state index contributed by atoms with van der Waals surface area (Å²) in [6.45, 7) is 6.79. The van der Waals surface area contributed by atoms with Gasteiger partial charge in [0.1, 0.15) is 0 Å². The molecule has 2 aromatic rings. The van der Waals surface area contributed by atoms with Crippen LogP contribution in [0.3, 0.4) is 0 Å². The van der Waals surface area contributed by atoms with Gasteiger partial charge in [0.2, 0.25) is 0 Å². The summed E-state index contributed by atoms with van der Waals surface area (Å²) in [6, 6.07) is 17.7. The Hall–Kier alpha value is -2.54. The van der Waals surface area contributed by atoms with Gasteiger partial charge < -0.3 is 4.90 Å². The van der Waals surface area contributed by atoms with E-state index in [1.165, 1.54) is 27.8 Å². The standard InChI is InChI=1S/C23H23N/c1-23(2,3)20-11-12-22-21-15-19(17-7-5-4-6-8-17)10-9-18(21)13-14-24(22)16-20/h4-16,22H,1-3H3. The van der Waals surface area contributed by atoms with Crippen molar-refractivity contribution in [3.63, 3.8) is 0 Å². The number of fused-ring (bicyclic) bond motifs is 3. The van der Waals surface area contributed by atoms with Crippen molar-refractivity contribution in [1.29, 1.82) is 0 Å². The minimum Gasteiger partial charge on any atom is -0.343 e. The van der Waals surface area contributed by atoms with Crippen LogP contribution in [0.2, 0.25) is 0 Å². The smallest absolute Gasteiger partial charge is 0.0773 e. The van der Waals surface area contributed by atoms with Gasteiger partial charge in [-0.05, 0) is 45.4 Å². The molecule has 0 aliphatic carbocycles. The molecular formula is C23H23N. The SMILES string of the molecule is CC(C)(C)C1=CN2C=Cc3ccc(-c4ccccc4)cc3C2C=C1. The van der Waals surface area contributed by atoms with E-state index in [1.807, 2.05) is 0 Å². The lowest BCUT2D eigenvalue weighted by Gasteiger charge is -2.36. The maximum atomic E-state index is 2.34.